The number of thiocarbonyl (C=S) groups is 1. The van der Waals surface area contributed by atoms with Gasteiger partial charge in [-0.25, -0.2) is 0 Å². The van der Waals surface area contributed by atoms with Gasteiger partial charge in [-0.1, -0.05) is 42.5 Å². The number of anilines is 1. The first-order chi connectivity index (χ1) is 15.7. The Balaban J connectivity index is 1.33. The first kappa shape index (κ1) is 20.2. The molecule has 6 nitrogen and oxygen atoms in total. The average Bonchev–Trinajstić information content (AvgIpc) is 3.46. The lowest BCUT2D eigenvalue weighted by atomic mass is 10.0. The third-order valence-corrected chi connectivity index (χ3v) is 6.13. The highest BCUT2D eigenvalue weighted by Crippen LogP contribution is 2.37. The highest BCUT2D eigenvalue weighted by atomic mass is 32.1. The van der Waals surface area contributed by atoms with E-state index in [4.69, 9.17) is 12.2 Å². The van der Waals surface area contributed by atoms with Gasteiger partial charge in [0.25, 0.3) is 0 Å². The Hall–Kier alpha value is -3.71. The standard InChI is InChI=1S/C25H23N5OS/c31-22(28-19-11-5-8-17-7-1-2-9-18(17)19)13-16-30-24(21-12-6-15-27-21)23(29-25(30)32)20-10-3-4-14-26-20/h1-12,14-15,23-24,27H,13,16H2,(H,28,31)(H,29,32)/t23-,24+/m0/s1. The molecule has 3 heterocycles. The molecule has 0 saturated carbocycles. The van der Waals surface area contributed by atoms with Crippen LogP contribution in [0.25, 0.3) is 10.8 Å². The van der Waals surface area contributed by atoms with Crippen molar-refractivity contribution in [1.29, 1.82) is 0 Å². The number of pyridine rings is 1. The van der Waals surface area contributed by atoms with Crippen LogP contribution in [0.5, 0.6) is 0 Å². The summed E-state index contributed by atoms with van der Waals surface area (Å²) < 4.78 is 0. The largest absolute Gasteiger partial charge is 0.363 e. The van der Waals surface area contributed by atoms with Gasteiger partial charge in [-0.2, -0.15) is 0 Å². The van der Waals surface area contributed by atoms with E-state index < -0.39 is 0 Å². The second-order valence-electron chi connectivity index (χ2n) is 7.77. The monoisotopic (exact) mass is 441 g/mol. The number of H-pyrrole nitrogens is 1. The zero-order valence-electron chi connectivity index (χ0n) is 17.4. The molecule has 2 atom stereocenters. The summed E-state index contributed by atoms with van der Waals surface area (Å²) in [6.45, 7) is 0.495. The quantitative estimate of drug-likeness (QED) is 0.383. The van der Waals surface area contributed by atoms with E-state index >= 15 is 0 Å². The number of aromatic amines is 1. The molecule has 7 heteroatoms. The summed E-state index contributed by atoms with van der Waals surface area (Å²) in [6.07, 6.45) is 4.00. The van der Waals surface area contributed by atoms with Crippen LogP contribution in [-0.4, -0.2) is 32.4 Å². The lowest BCUT2D eigenvalue weighted by Crippen LogP contribution is -2.32. The maximum atomic E-state index is 12.8. The number of hydrogen-bond donors (Lipinski definition) is 3. The van der Waals surface area contributed by atoms with Crippen molar-refractivity contribution < 1.29 is 4.79 Å². The molecule has 0 bridgehead atoms. The molecule has 160 valence electrons. The number of amides is 1. The number of carbonyl (C=O) groups excluding carboxylic acids is 1. The number of carbonyl (C=O) groups is 1. The molecule has 0 unspecified atom stereocenters. The highest BCUT2D eigenvalue weighted by Gasteiger charge is 2.40. The molecule has 0 radical (unpaired) electrons. The van der Waals surface area contributed by atoms with Crippen molar-refractivity contribution in [2.75, 3.05) is 11.9 Å². The van der Waals surface area contributed by atoms with E-state index in [-0.39, 0.29) is 18.0 Å². The molecule has 0 aliphatic carbocycles. The lowest BCUT2D eigenvalue weighted by molar-refractivity contribution is -0.116. The Bertz CT molecular complexity index is 1240. The molecule has 1 aliphatic rings. The summed E-state index contributed by atoms with van der Waals surface area (Å²) >= 11 is 5.65. The normalized spacial score (nSPS) is 18.0. The van der Waals surface area contributed by atoms with Gasteiger partial charge in [0, 0.05) is 42.1 Å². The fraction of sp³-hybridized carbons (Fsp3) is 0.160. The topological polar surface area (TPSA) is 73.0 Å². The summed E-state index contributed by atoms with van der Waals surface area (Å²) in [5.74, 6) is -0.0457. The molecule has 4 aromatic rings. The number of fused-ring (bicyclic) bond motifs is 1. The fourth-order valence-electron chi connectivity index (χ4n) is 4.28. The molecular weight excluding hydrogens is 418 g/mol. The minimum absolute atomic E-state index is 0.0457. The molecular formula is C25H23N5OS. The third kappa shape index (κ3) is 3.94. The lowest BCUT2D eigenvalue weighted by Gasteiger charge is -2.26. The van der Waals surface area contributed by atoms with Gasteiger partial charge < -0.3 is 20.5 Å². The minimum Gasteiger partial charge on any atom is -0.363 e. The second-order valence-corrected chi connectivity index (χ2v) is 8.16. The van der Waals surface area contributed by atoms with Crippen LogP contribution in [0.15, 0.2) is 85.2 Å². The summed E-state index contributed by atoms with van der Waals surface area (Å²) in [6, 6.07) is 23.7. The fourth-order valence-corrected chi connectivity index (χ4v) is 4.61. The smallest absolute Gasteiger partial charge is 0.226 e. The summed E-state index contributed by atoms with van der Waals surface area (Å²) in [4.78, 5) is 22.8. The van der Waals surface area contributed by atoms with E-state index in [1.165, 1.54) is 0 Å². The maximum absolute atomic E-state index is 12.8. The van der Waals surface area contributed by atoms with Crippen LogP contribution in [0, 0.1) is 0 Å². The molecule has 32 heavy (non-hydrogen) atoms. The number of hydrogen-bond acceptors (Lipinski definition) is 3. The van der Waals surface area contributed by atoms with Crippen LogP contribution in [0.2, 0.25) is 0 Å². The number of rotatable bonds is 6. The predicted molar refractivity (Wildman–Crippen MR) is 130 cm³/mol. The molecule has 3 N–H and O–H groups in total. The predicted octanol–water partition coefficient (Wildman–Crippen LogP) is 4.56. The zero-order chi connectivity index (χ0) is 21.9. The Kier molecular flexibility index (Phi) is 5.56. The van der Waals surface area contributed by atoms with Crippen LogP contribution in [0.4, 0.5) is 5.69 Å². The molecule has 2 aromatic carbocycles. The summed E-state index contributed by atoms with van der Waals surface area (Å²) in [5, 5.41) is 9.22. The first-order valence-corrected chi connectivity index (χ1v) is 11.0. The van der Waals surface area contributed by atoms with E-state index in [1.807, 2.05) is 79.0 Å². The maximum Gasteiger partial charge on any atom is 0.226 e. The summed E-state index contributed by atoms with van der Waals surface area (Å²) in [7, 11) is 0. The van der Waals surface area contributed by atoms with Gasteiger partial charge in [-0.15, -0.1) is 0 Å². The molecule has 5 rings (SSSR count). The SMILES string of the molecule is O=C(CCN1C(=S)N[C@@H](c2ccccn2)[C@H]1c1ccc[nH]1)Nc1cccc2ccccc12. The Morgan fingerprint density at radius 2 is 1.88 bits per heavy atom. The van der Waals surface area contributed by atoms with Gasteiger partial charge in [0.05, 0.1) is 17.8 Å². The number of nitrogens with one attached hydrogen (secondary N) is 3. The minimum atomic E-state index is -0.0940. The van der Waals surface area contributed by atoms with Gasteiger partial charge >= 0.3 is 0 Å². The first-order valence-electron chi connectivity index (χ1n) is 10.6. The molecule has 1 aliphatic heterocycles. The van der Waals surface area contributed by atoms with Crippen LogP contribution in [0.1, 0.15) is 29.9 Å². The van der Waals surface area contributed by atoms with Gasteiger partial charge in [-0.05, 0) is 47.9 Å². The van der Waals surface area contributed by atoms with E-state index in [1.54, 1.807) is 6.20 Å². The van der Waals surface area contributed by atoms with Gasteiger partial charge in [0.15, 0.2) is 5.11 Å². The van der Waals surface area contributed by atoms with E-state index in [0.29, 0.717) is 18.1 Å². The van der Waals surface area contributed by atoms with Crippen molar-refractivity contribution in [1.82, 2.24) is 20.2 Å². The van der Waals surface area contributed by atoms with Crippen molar-refractivity contribution in [2.24, 2.45) is 0 Å². The average molecular weight is 442 g/mol. The molecule has 1 amide bonds. The Labute approximate surface area is 191 Å². The number of benzene rings is 2. The number of aromatic nitrogens is 2. The van der Waals surface area contributed by atoms with Crippen molar-refractivity contribution in [3.63, 3.8) is 0 Å². The molecule has 1 fully saturated rings. The van der Waals surface area contributed by atoms with Gasteiger partial charge in [-0.3, -0.25) is 9.78 Å². The van der Waals surface area contributed by atoms with Crippen LogP contribution >= 0.6 is 12.2 Å². The van der Waals surface area contributed by atoms with Crippen molar-refractivity contribution >= 4 is 39.7 Å². The summed E-state index contributed by atoms with van der Waals surface area (Å²) in [5.41, 5.74) is 2.77. The van der Waals surface area contributed by atoms with Crippen molar-refractivity contribution in [3.8, 4) is 0 Å². The van der Waals surface area contributed by atoms with Crippen LogP contribution in [0.3, 0.4) is 0 Å². The van der Waals surface area contributed by atoms with Crippen LogP contribution in [-0.2, 0) is 4.79 Å². The third-order valence-electron chi connectivity index (χ3n) is 5.78. The van der Waals surface area contributed by atoms with Crippen molar-refractivity contribution in [2.45, 2.75) is 18.5 Å². The number of nitrogens with zero attached hydrogens (tertiary/aromatic N) is 2. The highest BCUT2D eigenvalue weighted by molar-refractivity contribution is 7.80. The zero-order valence-corrected chi connectivity index (χ0v) is 18.2. The molecule has 1 saturated heterocycles. The van der Waals surface area contributed by atoms with Crippen molar-refractivity contribution in [3.05, 3.63) is 96.6 Å². The van der Waals surface area contributed by atoms with E-state index in [0.717, 1.165) is 27.8 Å². The molecule has 2 aromatic heterocycles. The molecule has 0 spiro atoms. The van der Waals surface area contributed by atoms with Crippen LogP contribution < -0.4 is 10.6 Å². The Morgan fingerprint density at radius 1 is 1.03 bits per heavy atom. The van der Waals surface area contributed by atoms with Gasteiger partial charge in [0.2, 0.25) is 5.91 Å². The second kappa shape index (κ2) is 8.80. The van der Waals surface area contributed by atoms with E-state index in [2.05, 4.69) is 25.5 Å². The van der Waals surface area contributed by atoms with E-state index in [9.17, 15) is 4.79 Å². The van der Waals surface area contributed by atoms with Gasteiger partial charge in [0.1, 0.15) is 0 Å². The Morgan fingerprint density at radius 3 is 2.69 bits per heavy atom.